The van der Waals surface area contributed by atoms with Gasteiger partial charge in [0.2, 0.25) is 5.43 Å². The molecule has 0 radical (unpaired) electrons. The fourth-order valence-electron chi connectivity index (χ4n) is 3.27. The molecule has 3 aromatic heterocycles. The first-order valence-electron chi connectivity index (χ1n) is 9.56. The molecule has 0 saturated heterocycles. The molecule has 11 nitrogen and oxygen atoms in total. The van der Waals surface area contributed by atoms with Crippen molar-refractivity contribution in [3.63, 3.8) is 0 Å². The zero-order valence-electron chi connectivity index (χ0n) is 17.3. The van der Waals surface area contributed by atoms with E-state index in [-0.39, 0.29) is 17.9 Å². The van der Waals surface area contributed by atoms with Gasteiger partial charge in [0.25, 0.3) is 11.8 Å². The summed E-state index contributed by atoms with van der Waals surface area (Å²) in [5.74, 6) is -2.05. The smallest absolute Gasteiger partial charge is 0.277 e. The van der Waals surface area contributed by atoms with Gasteiger partial charge in [-0.15, -0.1) is 11.3 Å². The maximum Gasteiger partial charge on any atom is 0.277 e. The molecule has 0 fully saturated rings. The first-order valence-corrected chi connectivity index (χ1v) is 10.4. The zero-order valence-corrected chi connectivity index (χ0v) is 18.1. The number of carbonyl (C=O) groups excluding carboxylic acids is 2. The highest BCUT2D eigenvalue weighted by Gasteiger charge is 2.33. The lowest BCUT2D eigenvalue weighted by molar-refractivity contribution is 0.0629. The van der Waals surface area contributed by atoms with Crippen LogP contribution in [0, 0.1) is 0 Å². The van der Waals surface area contributed by atoms with Crippen molar-refractivity contribution in [2.24, 2.45) is 0 Å². The second-order valence-electron chi connectivity index (χ2n) is 7.00. The first kappa shape index (κ1) is 21.5. The van der Waals surface area contributed by atoms with Crippen molar-refractivity contribution in [3.8, 4) is 17.0 Å². The standard InChI is InChI=1S/C20H20N6O5S/c1-24-11-25(7-8-31-2)19(30)15-17(28)16(27)13(9-26(15)24)18(29)23-20-22-14(10-32-20)12-3-5-21-6-4-12/h3-6,9-10,28H,7-8,11H2,1-2H3,(H,22,23,29). The van der Waals surface area contributed by atoms with Crippen molar-refractivity contribution >= 4 is 28.3 Å². The molecular formula is C20H20N6O5S. The van der Waals surface area contributed by atoms with E-state index in [0.717, 1.165) is 5.56 Å². The molecule has 0 saturated carbocycles. The summed E-state index contributed by atoms with van der Waals surface area (Å²) < 4.78 is 6.31. The molecule has 4 rings (SSSR count). The lowest BCUT2D eigenvalue weighted by Crippen LogP contribution is -2.53. The summed E-state index contributed by atoms with van der Waals surface area (Å²) >= 11 is 1.20. The van der Waals surface area contributed by atoms with Crippen LogP contribution in [0.25, 0.3) is 11.3 Å². The van der Waals surface area contributed by atoms with Crippen molar-refractivity contribution in [2.45, 2.75) is 0 Å². The Morgan fingerprint density at radius 2 is 2.06 bits per heavy atom. The first-order chi connectivity index (χ1) is 15.4. The SMILES string of the molecule is COCCN1CN(C)n2cc(C(=O)Nc3nc(-c4ccncc4)cs3)c(=O)c(O)c2C1=O. The van der Waals surface area contributed by atoms with Crippen LogP contribution in [0.4, 0.5) is 5.13 Å². The molecule has 0 aliphatic carbocycles. The van der Waals surface area contributed by atoms with E-state index in [2.05, 4.69) is 15.3 Å². The van der Waals surface area contributed by atoms with Crippen LogP contribution in [0.1, 0.15) is 20.8 Å². The van der Waals surface area contributed by atoms with Crippen molar-refractivity contribution in [3.05, 3.63) is 57.6 Å². The molecule has 0 unspecified atom stereocenters. The third-order valence-electron chi connectivity index (χ3n) is 4.91. The van der Waals surface area contributed by atoms with Crippen LogP contribution >= 0.6 is 11.3 Å². The minimum Gasteiger partial charge on any atom is -0.502 e. The molecular weight excluding hydrogens is 436 g/mol. The van der Waals surface area contributed by atoms with E-state index in [9.17, 15) is 19.5 Å². The van der Waals surface area contributed by atoms with E-state index >= 15 is 0 Å². The van der Waals surface area contributed by atoms with Gasteiger partial charge in [0, 0.05) is 50.2 Å². The van der Waals surface area contributed by atoms with Gasteiger partial charge in [-0.05, 0) is 12.1 Å². The summed E-state index contributed by atoms with van der Waals surface area (Å²) in [6.45, 7) is 0.792. The summed E-state index contributed by atoms with van der Waals surface area (Å²) in [6.07, 6.45) is 4.52. The quantitative estimate of drug-likeness (QED) is 0.561. The third kappa shape index (κ3) is 3.92. The van der Waals surface area contributed by atoms with Gasteiger partial charge in [-0.1, -0.05) is 0 Å². The normalized spacial score (nSPS) is 13.2. The minimum atomic E-state index is -0.935. The lowest BCUT2D eigenvalue weighted by Gasteiger charge is -2.37. The topological polar surface area (TPSA) is 130 Å². The second kappa shape index (κ2) is 8.77. The zero-order chi connectivity index (χ0) is 22.8. The molecule has 0 aromatic carbocycles. The summed E-state index contributed by atoms with van der Waals surface area (Å²) in [7, 11) is 3.19. The Labute approximate surface area is 186 Å². The molecule has 2 amide bonds. The van der Waals surface area contributed by atoms with Crippen LogP contribution in [0.15, 0.2) is 40.9 Å². The van der Waals surface area contributed by atoms with Gasteiger partial charge < -0.3 is 14.7 Å². The van der Waals surface area contributed by atoms with E-state index in [1.165, 1.54) is 34.2 Å². The molecule has 4 heterocycles. The summed E-state index contributed by atoms with van der Waals surface area (Å²) in [4.78, 5) is 48.0. The van der Waals surface area contributed by atoms with Gasteiger partial charge in [0.1, 0.15) is 12.2 Å². The van der Waals surface area contributed by atoms with E-state index in [0.29, 0.717) is 24.0 Å². The number of pyridine rings is 2. The molecule has 1 aliphatic heterocycles. The fourth-order valence-corrected chi connectivity index (χ4v) is 3.99. The van der Waals surface area contributed by atoms with Crippen molar-refractivity contribution < 1.29 is 19.4 Å². The van der Waals surface area contributed by atoms with Crippen molar-refractivity contribution in [1.82, 2.24) is 19.5 Å². The largest absolute Gasteiger partial charge is 0.502 e. The summed E-state index contributed by atoms with van der Waals surface area (Å²) in [5, 5.41) is 16.7. The number of hydrogen-bond acceptors (Lipinski definition) is 9. The van der Waals surface area contributed by atoms with Crippen LogP contribution in [-0.4, -0.2) is 70.4 Å². The molecule has 0 atom stereocenters. The van der Waals surface area contributed by atoms with Gasteiger partial charge in [-0.25, -0.2) is 4.98 Å². The summed E-state index contributed by atoms with van der Waals surface area (Å²) in [6, 6.07) is 3.58. The van der Waals surface area contributed by atoms with Crippen LogP contribution in [0.3, 0.4) is 0 Å². The number of hydrogen-bond donors (Lipinski definition) is 2. The molecule has 166 valence electrons. The molecule has 1 aliphatic rings. The highest BCUT2D eigenvalue weighted by molar-refractivity contribution is 7.14. The predicted molar refractivity (Wildman–Crippen MR) is 118 cm³/mol. The number of aromatic hydroxyl groups is 1. The van der Waals surface area contributed by atoms with E-state index in [1.54, 1.807) is 42.0 Å². The van der Waals surface area contributed by atoms with Crippen molar-refractivity contribution in [1.29, 1.82) is 0 Å². The molecule has 0 bridgehead atoms. The molecule has 2 N–H and O–H groups in total. The summed E-state index contributed by atoms with van der Waals surface area (Å²) in [5.41, 5.74) is 0.0399. The number of nitrogens with zero attached hydrogens (tertiary/aromatic N) is 5. The maximum atomic E-state index is 12.8. The third-order valence-corrected chi connectivity index (χ3v) is 5.67. The van der Waals surface area contributed by atoms with Gasteiger partial charge in [0.05, 0.1) is 12.3 Å². The number of methoxy groups -OCH3 is 1. The van der Waals surface area contributed by atoms with E-state index < -0.39 is 23.0 Å². The number of rotatable bonds is 6. The maximum absolute atomic E-state index is 12.8. The molecule has 12 heteroatoms. The van der Waals surface area contributed by atoms with E-state index in [1.807, 2.05) is 0 Å². The Bertz CT molecular complexity index is 1220. The van der Waals surface area contributed by atoms with Crippen LogP contribution in [0.5, 0.6) is 5.75 Å². The monoisotopic (exact) mass is 456 g/mol. The number of ether oxygens (including phenoxy) is 1. The Balaban J connectivity index is 1.62. The van der Waals surface area contributed by atoms with Gasteiger partial charge in [-0.2, -0.15) is 0 Å². The predicted octanol–water partition coefficient (Wildman–Crippen LogP) is 0.952. The van der Waals surface area contributed by atoms with Crippen molar-refractivity contribution in [2.75, 3.05) is 44.3 Å². The Kier molecular flexibility index (Phi) is 5.88. The number of aromatic nitrogens is 3. The Hall–Kier alpha value is -3.77. The van der Waals surface area contributed by atoms with Crippen LogP contribution in [0.2, 0.25) is 0 Å². The van der Waals surface area contributed by atoms with Gasteiger partial charge in [0.15, 0.2) is 16.6 Å². The Morgan fingerprint density at radius 3 is 2.78 bits per heavy atom. The molecule has 32 heavy (non-hydrogen) atoms. The fraction of sp³-hybridized carbons (Fsp3) is 0.250. The number of anilines is 1. The Morgan fingerprint density at radius 1 is 1.31 bits per heavy atom. The lowest BCUT2D eigenvalue weighted by atomic mass is 10.2. The highest BCUT2D eigenvalue weighted by atomic mass is 32.1. The second-order valence-corrected chi connectivity index (χ2v) is 7.86. The number of fused-ring (bicyclic) bond motifs is 1. The number of amides is 2. The van der Waals surface area contributed by atoms with Gasteiger partial charge in [-0.3, -0.25) is 34.4 Å². The van der Waals surface area contributed by atoms with Gasteiger partial charge >= 0.3 is 0 Å². The minimum absolute atomic E-state index is 0.195. The highest BCUT2D eigenvalue weighted by Crippen LogP contribution is 2.25. The number of thiazole rings is 1. The number of nitrogens with one attached hydrogen (secondary N) is 1. The average molecular weight is 456 g/mol. The van der Waals surface area contributed by atoms with Crippen LogP contribution < -0.4 is 15.8 Å². The van der Waals surface area contributed by atoms with E-state index in [4.69, 9.17) is 4.74 Å². The molecule has 0 spiro atoms. The number of carbonyl (C=O) groups is 2. The average Bonchev–Trinajstić information content (AvgIpc) is 3.26. The van der Waals surface area contributed by atoms with Crippen LogP contribution in [-0.2, 0) is 4.74 Å². The molecule has 3 aromatic rings.